The largest absolute Gasteiger partial charge is 0.435 e. The molecule has 0 amide bonds. The zero-order valence-electron chi connectivity index (χ0n) is 7.75. The van der Waals surface area contributed by atoms with Gasteiger partial charge in [-0.05, 0) is 36.7 Å². The van der Waals surface area contributed by atoms with Crippen LogP contribution in [0, 0.1) is 0 Å². The Morgan fingerprint density at radius 3 is 2.36 bits per heavy atom. The summed E-state index contributed by atoms with van der Waals surface area (Å²) in [6.07, 6.45) is 3.10. The second-order valence-electron chi connectivity index (χ2n) is 2.91. The van der Waals surface area contributed by atoms with Crippen LogP contribution in [0.4, 0.5) is 8.78 Å². The molecule has 0 aromatic heterocycles. The van der Waals surface area contributed by atoms with Gasteiger partial charge in [0.25, 0.3) is 0 Å². The molecule has 0 aliphatic heterocycles. The van der Waals surface area contributed by atoms with Crippen LogP contribution in [0.2, 0.25) is 0 Å². The van der Waals surface area contributed by atoms with Crippen molar-refractivity contribution in [1.82, 2.24) is 0 Å². The number of hydrogen-bond acceptors (Lipinski definition) is 1. The van der Waals surface area contributed by atoms with Gasteiger partial charge < -0.3 is 4.74 Å². The Hall–Kier alpha value is -0.690. The maximum absolute atomic E-state index is 11.8. The van der Waals surface area contributed by atoms with Crippen molar-refractivity contribution in [2.24, 2.45) is 0 Å². The Labute approximate surface area is 84.7 Å². The van der Waals surface area contributed by atoms with Gasteiger partial charge in [0.05, 0.1) is 0 Å². The summed E-state index contributed by atoms with van der Waals surface area (Å²) in [6.45, 7) is -2.74. The molecule has 1 unspecified atom stereocenters. The summed E-state index contributed by atoms with van der Waals surface area (Å²) < 4.78 is 27.8. The minimum absolute atomic E-state index is 0.217. The fourth-order valence-electron chi connectivity index (χ4n) is 1.14. The molecule has 0 spiro atoms. The number of aryl methyl sites for hydroxylation is 1. The Morgan fingerprint density at radius 2 is 1.86 bits per heavy atom. The molecule has 0 aliphatic carbocycles. The van der Waals surface area contributed by atoms with Gasteiger partial charge in [0.2, 0.25) is 0 Å². The van der Waals surface area contributed by atoms with Crippen LogP contribution in [0.3, 0.4) is 0 Å². The Kier molecular flexibility index (Phi) is 4.81. The summed E-state index contributed by atoms with van der Waals surface area (Å²) in [5.74, 6) is 0.217. The molecule has 0 radical (unpaired) electrons. The van der Waals surface area contributed by atoms with Gasteiger partial charge in [-0.1, -0.05) is 12.1 Å². The third-order valence-corrected chi connectivity index (χ3v) is 2.23. The molecule has 0 saturated carbocycles. The van der Waals surface area contributed by atoms with E-state index in [1.54, 1.807) is 12.1 Å². The number of rotatable bonds is 5. The average molecular weight is 218 g/mol. The molecule has 0 heterocycles. The quantitative estimate of drug-likeness (QED) is 0.690. The Bertz CT molecular complexity index is 261. The third-order valence-electron chi connectivity index (χ3n) is 1.82. The second kappa shape index (κ2) is 5.92. The van der Waals surface area contributed by atoms with Crippen molar-refractivity contribution in [2.75, 3.05) is 6.16 Å². The fraction of sp³-hybridized carbons (Fsp3) is 0.400. The number of halogens is 2. The number of hydrogen-bond donors (Lipinski definition) is 0. The van der Waals surface area contributed by atoms with Gasteiger partial charge in [0.15, 0.2) is 0 Å². The monoisotopic (exact) mass is 218 g/mol. The molecule has 1 atom stereocenters. The van der Waals surface area contributed by atoms with Crippen molar-refractivity contribution in [3.05, 3.63) is 29.8 Å². The summed E-state index contributed by atoms with van der Waals surface area (Å²) >= 11 is 0. The highest BCUT2D eigenvalue weighted by molar-refractivity contribution is 7.16. The van der Waals surface area contributed by atoms with E-state index in [0.717, 1.165) is 24.6 Å². The van der Waals surface area contributed by atoms with E-state index in [2.05, 4.69) is 14.0 Å². The fourth-order valence-corrected chi connectivity index (χ4v) is 1.35. The summed E-state index contributed by atoms with van der Waals surface area (Å²) in [5.41, 5.74) is 1.15. The van der Waals surface area contributed by atoms with Gasteiger partial charge in [-0.3, -0.25) is 0 Å². The van der Waals surface area contributed by atoms with Gasteiger partial charge in [-0.2, -0.15) is 8.78 Å². The normalized spacial score (nSPS) is 10.6. The van der Waals surface area contributed by atoms with E-state index in [9.17, 15) is 8.78 Å². The van der Waals surface area contributed by atoms with Gasteiger partial charge in [0, 0.05) is 0 Å². The Morgan fingerprint density at radius 1 is 1.21 bits per heavy atom. The number of benzene rings is 1. The maximum atomic E-state index is 11.8. The van der Waals surface area contributed by atoms with Gasteiger partial charge in [-0.15, -0.1) is 9.24 Å². The molecule has 4 heteroatoms. The lowest BCUT2D eigenvalue weighted by molar-refractivity contribution is -0.0498. The number of alkyl halides is 2. The van der Waals surface area contributed by atoms with Crippen molar-refractivity contribution >= 4 is 9.24 Å². The van der Waals surface area contributed by atoms with Gasteiger partial charge >= 0.3 is 6.61 Å². The molecule has 1 rings (SSSR count). The van der Waals surface area contributed by atoms with Crippen molar-refractivity contribution in [1.29, 1.82) is 0 Å². The first-order valence-electron chi connectivity index (χ1n) is 4.46. The lowest BCUT2D eigenvalue weighted by Gasteiger charge is -2.05. The zero-order chi connectivity index (χ0) is 10.4. The zero-order valence-corrected chi connectivity index (χ0v) is 8.90. The highest BCUT2D eigenvalue weighted by Crippen LogP contribution is 2.15. The van der Waals surface area contributed by atoms with Crippen molar-refractivity contribution in [2.45, 2.75) is 19.5 Å². The standard InChI is InChI=1S/C10H13F2OP/c11-10(12)13-9-5-3-8(4-6-9)2-1-7-14/h3-6,10H,1-2,7,14H2. The summed E-state index contributed by atoms with van der Waals surface area (Å²) in [7, 11) is 2.66. The highest BCUT2D eigenvalue weighted by Gasteiger charge is 2.03. The van der Waals surface area contributed by atoms with Crippen LogP contribution in [0.5, 0.6) is 5.75 Å². The molecule has 0 bridgehead atoms. The first-order valence-corrected chi connectivity index (χ1v) is 5.28. The molecule has 0 saturated heterocycles. The van der Waals surface area contributed by atoms with E-state index in [1.165, 1.54) is 0 Å². The van der Waals surface area contributed by atoms with E-state index in [-0.39, 0.29) is 5.75 Å². The maximum Gasteiger partial charge on any atom is 0.387 e. The van der Waals surface area contributed by atoms with Crippen molar-refractivity contribution in [3.63, 3.8) is 0 Å². The topological polar surface area (TPSA) is 9.23 Å². The van der Waals surface area contributed by atoms with Gasteiger partial charge in [0.1, 0.15) is 5.75 Å². The molecule has 1 nitrogen and oxygen atoms in total. The average Bonchev–Trinajstić information content (AvgIpc) is 2.16. The molecule has 14 heavy (non-hydrogen) atoms. The van der Waals surface area contributed by atoms with Crippen LogP contribution >= 0.6 is 9.24 Å². The molecule has 0 aliphatic rings. The smallest absolute Gasteiger partial charge is 0.387 e. The summed E-state index contributed by atoms with van der Waals surface area (Å²) in [5, 5.41) is 0. The van der Waals surface area contributed by atoms with Crippen LogP contribution < -0.4 is 4.74 Å². The predicted molar refractivity (Wildman–Crippen MR) is 56.0 cm³/mol. The second-order valence-corrected chi connectivity index (χ2v) is 3.49. The first-order chi connectivity index (χ1) is 6.72. The first kappa shape index (κ1) is 11.4. The molecule has 1 aromatic rings. The molecule has 78 valence electrons. The van der Waals surface area contributed by atoms with E-state index in [0.29, 0.717) is 0 Å². The van der Waals surface area contributed by atoms with Crippen molar-refractivity contribution < 1.29 is 13.5 Å². The van der Waals surface area contributed by atoms with E-state index < -0.39 is 6.61 Å². The van der Waals surface area contributed by atoms with E-state index >= 15 is 0 Å². The Balaban J connectivity index is 2.50. The minimum atomic E-state index is -2.74. The van der Waals surface area contributed by atoms with Crippen LogP contribution in [0.15, 0.2) is 24.3 Å². The minimum Gasteiger partial charge on any atom is -0.435 e. The third kappa shape index (κ3) is 4.01. The van der Waals surface area contributed by atoms with Crippen LogP contribution in [-0.4, -0.2) is 12.8 Å². The summed E-state index contributed by atoms with van der Waals surface area (Å²) in [6, 6.07) is 6.78. The molecular formula is C10H13F2OP. The van der Waals surface area contributed by atoms with Gasteiger partial charge in [-0.25, -0.2) is 0 Å². The summed E-state index contributed by atoms with van der Waals surface area (Å²) in [4.78, 5) is 0. The molecular weight excluding hydrogens is 205 g/mol. The SMILES string of the molecule is FC(F)Oc1ccc(CCCP)cc1. The molecule has 0 N–H and O–H groups in total. The number of ether oxygens (including phenoxy) is 1. The van der Waals surface area contributed by atoms with E-state index in [4.69, 9.17) is 0 Å². The van der Waals surface area contributed by atoms with Crippen LogP contribution in [-0.2, 0) is 6.42 Å². The molecule has 0 fully saturated rings. The highest BCUT2D eigenvalue weighted by atomic mass is 31.0. The van der Waals surface area contributed by atoms with E-state index in [1.807, 2.05) is 12.1 Å². The predicted octanol–water partition coefficient (Wildman–Crippen LogP) is 3.10. The lowest BCUT2D eigenvalue weighted by atomic mass is 10.1. The van der Waals surface area contributed by atoms with Crippen LogP contribution in [0.25, 0.3) is 0 Å². The van der Waals surface area contributed by atoms with Crippen molar-refractivity contribution in [3.8, 4) is 5.75 Å². The lowest BCUT2D eigenvalue weighted by Crippen LogP contribution is -2.01. The molecule has 1 aromatic carbocycles. The van der Waals surface area contributed by atoms with Crippen LogP contribution in [0.1, 0.15) is 12.0 Å².